The van der Waals surface area contributed by atoms with Gasteiger partial charge < -0.3 is 15.5 Å². The van der Waals surface area contributed by atoms with Crippen LogP contribution in [-0.4, -0.2) is 50.1 Å². The highest BCUT2D eigenvalue weighted by molar-refractivity contribution is 5.85. The largest absolute Gasteiger partial charge is 0.356 e. The molecule has 0 spiro atoms. The van der Waals surface area contributed by atoms with E-state index in [1.807, 2.05) is 0 Å². The lowest BCUT2D eigenvalue weighted by atomic mass is 9.81. The van der Waals surface area contributed by atoms with E-state index >= 15 is 0 Å². The zero-order chi connectivity index (χ0) is 15.9. The van der Waals surface area contributed by atoms with Gasteiger partial charge in [0, 0.05) is 39.1 Å². The molecule has 1 heterocycles. The molecule has 2 N–H and O–H groups in total. The third kappa shape index (κ3) is 5.47. The van der Waals surface area contributed by atoms with E-state index in [-0.39, 0.29) is 18.3 Å². The number of hydrogen-bond acceptors (Lipinski definition) is 3. The summed E-state index contributed by atoms with van der Waals surface area (Å²) in [6, 6.07) is 8.63. The predicted molar refractivity (Wildman–Crippen MR) is 101 cm³/mol. The summed E-state index contributed by atoms with van der Waals surface area (Å²) in [5.74, 6) is 0.625. The number of hydrogen-bond donors (Lipinski definition) is 2. The van der Waals surface area contributed by atoms with Gasteiger partial charge in [-0.3, -0.25) is 4.79 Å². The molecule has 0 saturated carbocycles. The Bertz CT molecular complexity index is 517. The fraction of sp³-hybridized carbons (Fsp3) is 0.632. The Kier molecular flexibility index (Phi) is 8.03. The molecule has 3 rings (SSSR count). The Hall–Kier alpha value is -1.10. The van der Waals surface area contributed by atoms with Gasteiger partial charge in [0.15, 0.2) is 0 Å². The summed E-state index contributed by atoms with van der Waals surface area (Å²) in [6.07, 6.45) is 5.21. The van der Waals surface area contributed by atoms with E-state index in [1.165, 1.54) is 24.0 Å². The highest BCUT2D eigenvalue weighted by Gasteiger charge is 2.22. The van der Waals surface area contributed by atoms with Gasteiger partial charge in [0.05, 0.1) is 0 Å². The maximum atomic E-state index is 12.2. The van der Waals surface area contributed by atoms with Crippen LogP contribution in [0.25, 0.3) is 0 Å². The molecule has 2 aliphatic rings. The van der Waals surface area contributed by atoms with E-state index in [2.05, 4.69) is 39.8 Å². The number of piperazine rings is 1. The lowest BCUT2D eigenvalue weighted by Gasteiger charge is -2.27. The summed E-state index contributed by atoms with van der Waals surface area (Å²) in [5, 5.41) is 6.48. The Balaban J connectivity index is 0.00000208. The summed E-state index contributed by atoms with van der Waals surface area (Å²) in [6.45, 7) is 6.34. The van der Waals surface area contributed by atoms with Crippen molar-refractivity contribution in [3.63, 3.8) is 0 Å². The van der Waals surface area contributed by atoms with E-state index in [9.17, 15) is 4.79 Å². The van der Waals surface area contributed by atoms with Crippen LogP contribution >= 0.6 is 12.4 Å². The topological polar surface area (TPSA) is 44.4 Å². The number of nitrogens with one attached hydrogen (secondary N) is 2. The first-order valence-corrected chi connectivity index (χ1v) is 9.10. The molecule has 1 aromatic rings. The molecule has 134 valence electrons. The van der Waals surface area contributed by atoms with Crippen LogP contribution in [0.2, 0.25) is 0 Å². The third-order valence-electron chi connectivity index (χ3n) is 5.11. The van der Waals surface area contributed by atoms with Crippen molar-refractivity contribution in [3.05, 3.63) is 35.4 Å². The van der Waals surface area contributed by atoms with Gasteiger partial charge in [-0.1, -0.05) is 24.3 Å². The minimum absolute atomic E-state index is 0. The monoisotopic (exact) mass is 351 g/mol. The van der Waals surface area contributed by atoms with Crippen molar-refractivity contribution in [2.24, 2.45) is 0 Å². The van der Waals surface area contributed by atoms with Gasteiger partial charge in [0.2, 0.25) is 5.91 Å². The summed E-state index contributed by atoms with van der Waals surface area (Å²) < 4.78 is 0. The maximum absolute atomic E-state index is 12.2. The number of fused-ring (bicyclic) bond motifs is 1. The van der Waals surface area contributed by atoms with Crippen LogP contribution in [0, 0.1) is 0 Å². The second-order valence-corrected chi connectivity index (χ2v) is 6.79. The number of benzene rings is 1. The first kappa shape index (κ1) is 19.2. The van der Waals surface area contributed by atoms with E-state index in [0.717, 1.165) is 52.1 Å². The van der Waals surface area contributed by atoms with Gasteiger partial charge in [0.1, 0.15) is 0 Å². The minimum Gasteiger partial charge on any atom is -0.356 e. The van der Waals surface area contributed by atoms with E-state index in [0.29, 0.717) is 12.3 Å². The lowest BCUT2D eigenvalue weighted by Crippen LogP contribution is -2.44. The Morgan fingerprint density at radius 1 is 1.25 bits per heavy atom. The van der Waals surface area contributed by atoms with Crippen LogP contribution in [-0.2, 0) is 11.2 Å². The zero-order valence-corrected chi connectivity index (χ0v) is 15.2. The third-order valence-corrected chi connectivity index (χ3v) is 5.11. The normalized spacial score (nSPS) is 20.8. The number of rotatable bonds is 6. The van der Waals surface area contributed by atoms with Crippen LogP contribution in [0.15, 0.2) is 24.3 Å². The molecule has 1 aliphatic carbocycles. The van der Waals surface area contributed by atoms with Gasteiger partial charge in [-0.05, 0) is 49.3 Å². The number of amides is 1. The molecule has 0 radical (unpaired) electrons. The van der Waals surface area contributed by atoms with Crippen molar-refractivity contribution in [3.8, 4) is 0 Å². The molecule has 1 fully saturated rings. The summed E-state index contributed by atoms with van der Waals surface area (Å²) >= 11 is 0. The van der Waals surface area contributed by atoms with E-state index in [1.54, 1.807) is 0 Å². The number of carbonyl (C=O) groups is 1. The predicted octanol–water partition coefficient (Wildman–Crippen LogP) is 2.33. The van der Waals surface area contributed by atoms with Gasteiger partial charge in [-0.2, -0.15) is 0 Å². The van der Waals surface area contributed by atoms with Crippen LogP contribution in [0.5, 0.6) is 0 Å². The first-order valence-electron chi connectivity index (χ1n) is 9.10. The quantitative estimate of drug-likeness (QED) is 0.773. The number of nitrogens with zero attached hydrogens (tertiary/aromatic N) is 1. The van der Waals surface area contributed by atoms with Gasteiger partial charge in [-0.15, -0.1) is 12.4 Å². The molecule has 1 aliphatic heterocycles. The fourth-order valence-corrected chi connectivity index (χ4v) is 3.83. The average Bonchev–Trinajstić information content (AvgIpc) is 2.60. The minimum atomic E-state index is 0. The van der Waals surface area contributed by atoms with Crippen molar-refractivity contribution >= 4 is 18.3 Å². The van der Waals surface area contributed by atoms with Crippen molar-refractivity contribution in [2.45, 2.75) is 38.0 Å². The first-order chi connectivity index (χ1) is 11.3. The van der Waals surface area contributed by atoms with Gasteiger partial charge in [0.25, 0.3) is 0 Å². The highest BCUT2D eigenvalue weighted by atomic mass is 35.5. The van der Waals surface area contributed by atoms with Gasteiger partial charge >= 0.3 is 0 Å². The number of carbonyl (C=O) groups excluding carboxylic acids is 1. The molecule has 0 aromatic heterocycles. The lowest BCUT2D eigenvalue weighted by molar-refractivity contribution is -0.121. The molecular formula is C19H30ClN3O. The highest BCUT2D eigenvalue weighted by Crippen LogP contribution is 2.33. The summed E-state index contributed by atoms with van der Waals surface area (Å²) in [7, 11) is 0. The number of halogens is 1. The van der Waals surface area contributed by atoms with Crippen molar-refractivity contribution in [1.29, 1.82) is 0 Å². The van der Waals surface area contributed by atoms with Crippen molar-refractivity contribution in [2.75, 3.05) is 39.3 Å². The summed E-state index contributed by atoms with van der Waals surface area (Å²) in [5.41, 5.74) is 2.84. The maximum Gasteiger partial charge on any atom is 0.220 e. The summed E-state index contributed by atoms with van der Waals surface area (Å²) in [4.78, 5) is 14.7. The Morgan fingerprint density at radius 2 is 2.04 bits per heavy atom. The SMILES string of the molecule is Cl.O=C(CC1CCCc2ccccc21)NCCCN1CCNCC1. The zero-order valence-electron chi connectivity index (χ0n) is 14.4. The molecule has 4 nitrogen and oxygen atoms in total. The van der Waals surface area contributed by atoms with Crippen LogP contribution in [0.1, 0.15) is 42.7 Å². The molecule has 5 heteroatoms. The number of aryl methyl sites for hydroxylation is 1. The molecule has 1 atom stereocenters. The molecule has 1 unspecified atom stereocenters. The Labute approximate surface area is 151 Å². The molecule has 24 heavy (non-hydrogen) atoms. The molecule has 1 amide bonds. The van der Waals surface area contributed by atoms with Crippen molar-refractivity contribution in [1.82, 2.24) is 15.5 Å². The van der Waals surface area contributed by atoms with Crippen LogP contribution in [0.4, 0.5) is 0 Å². The second kappa shape index (κ2) is 10.0. The molecule has 0 bridgehead atoms. The van der Waals surface area contributed by atoms with E-state index in [4.69, 9.17) is 0 Å². The van der Waals surface area contributed by atoms with Crippen molar-refractivity contribution < 1.29 is 4.79 Å². The smallest absolute Gasteiger partial charge is 0.220 e. The molecule has 1 aromatic carbocycles. The van der Waals surface area contributed by atoms with Crippen LogP contribution in [0.3, 0.4) is 0 Å². The van der Waals surface area contributed by atoms with Crippen LogP contribution < -0.4 is 10.6 Å². The average molecular weight is 352 g/mol. The van der Waals surface area contributed by atoms with Gasteiger partial charge in [-0.25, -0.2) is 0 Å². The second-order valence-electron chi connectivity index (χ2n) is 6.79. The molecule has 1 saturated heterocycles. The molecular weight excluding hydrogens is 322 g/mol. The van der Waals surface area contributed by atoms with E-state index < -0.39 is 0 Å². The Morgan fingerprint density at radius 3 is 2.88 bits per heavy atom. The fourth-order valence-electron chi connectivity index (χ4n) is 3.83. The standard InChI is InChI=1S/C19H29N3O.ClH/c23-19(21-9-4-12-22-13-10-20-11-14-22)15-17-7-3-6-16-5-1-2-8-18(16)17;/h1-2,5,8,17,20H,3-4,6-7,9-15H2,(H,21,23);1H.